The van der Waals surface area contributed by atoms with Crippen LogP contribution in [0.3, 0.4) is 0 Å². The van der Waals surface area contributed by atoms with Crippen LogP contribution in [0.5, 0.6) is 0 Å². The van der Waals surface area contributed by atoms with E-state index in [1.54, 1.807) is 0 Å². The Morgan fingerprint density at radius 1 is 0.732 bits per heavy atom. The van der Waals surface area contributed by atoms with Crippen LogP contribution < -0.4 is 0 Å². The van der Waals surface area contributed by atoms with Gasteiger partial charge in [0.05, 0.1) is 5.41 Å². The molecule has 0 N–H and O–H groups in total. The Labute approximate surface area is 249 Å². The van der Waals surface area contributed by atoms with E-state index < -0.39 is 0 Å². The SMILES string of the molecule is C=C(C=C1/C(=C\C)SC2(C)CCCCC12C)c1ccc2c(c1)C(c1ccccc1)(c1ccccc1)c1ccccc1-2. The van der Waals surface area contributed by atoms with Crippen LogP contribution in [0.2, 0.25) is 0 Å². The van der Waals surface area contributed by atoms with E-state index in [0.717, 1.165) is 5.57 Å². The third-order valence-electron chi connectivity index (χ3n) is 10.4. The summed E-state index contributed by atoms with van der Waals surface area (Å²) in [7, 11) is 0. The van der Waals surface area contributed by atoms with Gasteiger partial charge in [0.2, 0.25) is 0 Å². The molecule has 3 aliphatic rings. The molecule has 2 unspecified atom stereocenters. The van der Waals surface area contributed by atoms with Crippen molar-refractivity contribution in [2.24, 2.45) is 5.41 Å². The number of fused-ring (bicyclic) bond motifs is 4. The molecule has 0 aromatic heterocycles. The van der Waals surface area contributed by atoms with Gasteiger partial charge in [0, 0.05) is 15.1 Å². The molecule has 4 aromatic rings. The average molecular weight is 551 g/mol. The Bertz CT molecular complexity index is 1670. The lowest BCUT2D eigenvalue weighted by molar-refractivity contribution is 0.218. The van der Waals surface area contributed by atoms with Crippen molar-refractivity contribution in [2.75, 3.05) is 0 Å². The lowest BCUT2D eigenvalue weighted by Crippen LogP contribution is -2.40. The molecule has 2 aliphatic carbocycles. The summed E-state index contributed by atoms with van der Waals surface area (Å²) >= 11 is 2.10. The summed E-state index contributed by atoms with van der Waals surface area (Å²) in [5.74, 6) is 0. The Hall–Kier alpha value is -3.55. The van der Waals surface area contributed by atoms with Crippen molar-refractivity contribution in [1.82, 2.24) is 0 Å². The fraction of sp³-hybridized carbons (Fsp3) is 0.250. The highest BCUT2D eigenvalue weighted by Crippen LogP contribution is 2.67. The van der Waals surface area contributed by atoms with Crippen LogP contribution in [-0.2, 0) is 5.41 Å². The Kier molecular flexibility index (Phi) is 6.28. The van der Waals surface area contributed by atoms with Crippen molar-refractivity contribution in [3.63, 3.8) is 0 Å². The molecule has 1 aliphatic heterocycles. The van der Waals surface area contributed by atoms with Crippen LogP contribution in [0.25, 0.3) is 16.7 Å². The molecule has 7 rings (SSSR count). The molecule has 1 saturated heterocycles. The van der Waals surface area contributed by atoms with Gasteiger partial charge >= 0.3 is 0 Å². The highest BCUT2D eigenvalue weighted by atomic mass is 32.2. The maximum atomic E-state index is 4.70. The molecular formula is C40H38S. The fourth-order valence-corrected chi connectivity index (χ4v) is 9.66. The minimum atomic E-state index is -0.385. The Morgan fingerprint density at radius 3 is 2.02 bits per heavy atom. The smallest absolute Gasteiger partial charge is 0.0713 e. The summed E-state index contributed by atoms with van der Waals surface area (Å²) in [6.45, 7) is 11.9. The van der Waals surface area contributed by atoms with Gasteiger partial charge in [-0.25, -0.2) is 0 Å². The van der Waals surface area contributed by atoms with E-state index in [-0.39, 0.29) is 15.6 Å². The minimum absolute atomic E-state index is 0.172. The topological polar surface area (TPSA) is 0 Å². The first kappa shape index (κ1) is 26.4. The molecule has 0 radical (unpaired) electrons. The van der Waals surface area contributed by atoms with Gasteiger partial charge in [-0.2, -0.15) is 0 Å². The second kappa shape index (κ2) is 9.78. The summed E-state index contributed by atoms with van der Waals surface area (Å²) < 4.78 is 0.258. The predicted octanol–water partition coefficient (Wildman–Crippen LogP) is 11.0. The van der Waals surface area contributed by atoms with Gasteiger partial charge in [-0.05, 0) is 82.8 Å². The molecule has 1 saturated carbocycles. The van der Waals surface area contributed by atoms with E-state index in [9.17, 15) is 0 Å². The van der Waals surface area contributed by atoms with Crippen molar-refractivity contribution >= 4 is 17.3 Å². The fourth-order valence-electron chi connectivity index (χ4n) is 7.98. The van der Waals surface area contributed by atoms with E-state index in [1.165, 1.54) is 75.1 Å². The zero-order valence-electron chi connectivity index (χ0n) is 24.4. The molecule has 204 valence electrons. The van der Waals surface area contributed by atoms with Crippen LogP contribution >= 0.6 is 11.8 Å². The zero-order valence-corrected chi connectivity index (χ0v) is 25.2. The predicted molar refractivity (Wildman–Crippen MR) is 177 cm³/mol. The molecule has 0 nitrogen and oxygen atoms in total. The molecule has 1 heterocycles. The van der Waals surface area contributed by atoms with E-state index in [0.29, 0.717) is 0 Å². The van der Waals surface area contributed by atoms with Gasteiger partial charge in [-0.3, -0.25) is 0 Å². The molecule has 2 fully saturated rings. The largest absolute Gasteiger partial charge is 0.119 e. The quantitative estimate of drug-likeness (QED) is 0.214. The first-order valence-corrected chi connectivity index (χ1v) is 15.9. The average Bonchev–Trinajstić information content (AvgIpc) is 3.44. The van der Waals surface area contributed by atoms with Crippen LogP contribution in [0.1, 0.15) is 74.3 Å². The number of benzene rings is 4. The summed E-state index contributed by atoms with van der Waals surface area (Å²) in [5, 5.41) is 0. The van der Waals surface area contributed by atoms with E-state index in [4.69, 9.17) is 6.58 Å². The summed E-state index contributed by atoms with van der Waals surface area (Å²) in [4.78, 5) is 1.44. The zero-order chi connectivity index (χ0) is 28.2. The first-order chi connectivity index (χ1) is 19.9. The Balaban J connectivity index is 1.43. The van der Waals surface area contributed by atoms with Crippen molar-refractivity contribution in [3.8, 4) is 11.1 Å². The first-order valence-electron chi connectivity index (χ1n) is 15.0. The summed E-state index contributed by atoms with van der Waals surface area (Å²) in [6.07, 6.45) is 9.92. The van der Waals surface area contributed by atoms with Gasteiger partial charge in [0.15, 0.2) is 0 Å². The number of rotatable bonds is 4. The maximum Gasteiger partial charge on any atom is 0.0713 e. The normalized spacial score (nSPS) is 26.0. The highest BCUT2D eigenvalue weighted by molar-refractivity contribution is 8.05. The lowest BCUT2D eigenvalue weighted by Gasteiger charge is -2.44. The lowest BCUT2D eigenvalue weighted by atomic mass is 9.63. The molecular weight excluding hydrogens is 513 g/mol. The van der Waals surface area contributed by atoms with Gasteiger partial charge in [-0.15, -0.1) is 11.8 Å². The third kappa shape index (κ3) is 3.75. The standard InChI is InChI=1S/C40H38S/c1-5-37-36(38(3)24-14-15-25-39(38,4)41-37)26-28(2)29-22-23-33-32-20-12-13-21-34(32)40(35(33)27-29,30-16-8-6-9-17-30)31-18-10-7-11-19-31/h5-13,16-23,26-27H,2,14-15,24-25H2,1,3-4H3/b36-26?,37-5+. The maximum absolute atomic E-state index is 4.70. The van der Waals surface area contributed by atoms with Crippen molar-refractivity contribution in [2.45, 2.75) is 56.6 Å². The monoisotopic (exact) mass is 550 g/mol. The molecule has 1 heteroatoms. The number of thioether (sulfide) groups is 1. The van der Waals surface area contributed by atoms with Crippen LogP contribution in [0.4, 0.5) is 0 Å². The Morgan fingerprint density at radius 2 is 1.34 bits per heavy atom. The number of hydrogen-bond donors (Lipinski definition) is 0. The van der Waals surface area contributed by atoms with Gasteiger partial charge in [0.1, 0.15) is 0 Å². The van der Waals surface area contributed by atoms with Crippen molar-refractivity contribution in [1.29, 1.82) is 0 Å². The van der Waals surface area contributed by atoms with E-state index in [2.05, 4.69) is 148 Å². The molecule has 2 atom stereocenters. The summed E-state index contributed by atoms with van der Waals surface area (Å²) in [5.41, 5.74) is 11.5. The third-order valence-corrected chi connectivity index (χ3v) is 12.1. The molecule has 4 aromatic carbocycles. The van der Waals surface area contributed by atoms with Crippen molar-refractivity contribution in [3.05, 3.63) is 160 Å². The van der Waals surface area contributed by atoms with Gasteiger partial charge in [0.25, 0.3) is 0 Å². The molecule has 0 spiro atoms. The van der Waals surface area contributed by atoms with Crippen LogP contribution in [-0.4, -0.2) is 4.75 Å². The summed E-state index contributed by atoms with van der Waals surface area (Å²) in [6, 6.07) is 38.1. The number of allylic oxidation sites excluding steroid dienone is 4. The van der Waals surface area contributed by atoms with E-state index >= 15 is 0 Å². The number of hydrogen-bond acceptors (Lipinski definition) is 1. The van der Waals surface area contributed by atoms with Gasteiger partial charge in [-0.1, -0.05) is 136 Å². The van der Waals surface area contributed by atoms with Gasteiger partial charge < -0.3 is 0 Å². The van der Waals surface area contributed by atoms with Crippen LogP contribution in [0, 0.1) is 5.41 Å². The second-order valence-electron chi connectivity index (χ2n) is 12.4. The van der Waals surface area contributed by atoms with E-state index in [1.807, 2.05) is 0 Å². The molecule has 0 amide bonds. The minimum Gasteiger partial charge on any atom is -0.119 e. The van der Waals surface area contributed by atoms with Crippen LogP contribution in [0.15, 0.2) is 132 Å². The molecule has 41 heavy (non-hydrogen) atoms. The highest BCUT2D eigenvalue weighted by Gasteiger charge is 2.55. The van der Waals surface area contributed by atoms with Crippen molar-refractivity contribution < 1.29 is 0 Å². The second-order valence-corrected chi connectivity index (χ2v) is 13.9. The molecule has 0 bridgehead atoms.